The Morgan fingerprint density at radius 1 is 1.11 bits per heavy atom. The molecule has 2 aromatic carbocycles. The minimum Gasteiger partial charge on any atom is -0.306 e. The maximum absolute atomic E-state index is 13.4. The first-order chi connectivity index (χ1) is 9.13. The lowest BCUT2D eigenvalue weighted by molar-refractivity contribution is 0.504. The average molecular weight is 282 g/mol. The molecular formula is C15H14ClF2N. The van der Waals surface area contributed by atoms with Crippen LogP contribution in [0.25, 0.3) is 0 Å². The molecule has 0 aliphatic rings. The highest BCUT2D eigenvalue weighted by Crippen LogP contribution is 2.28. The molecule has 1 unspecified atom stereocenters. The highest BCUT2D eigenvalue weighted by molar-refractivity contribution is 6.31. The molecule has 0 saturated carbocycles. The van der Waals surface area contributed by atoms with Crippen molar-refractivity contribution in [2.75, 3.05) is 6.54 Å². The Morgan fingerprint density at radius 2 is 1.84 bits per heavy atom. The summed E-state index contributed by atoms with van der Waals surface area (Å²) in [6.07, 6.45) is 0. The van der Waals surface area contributed by atoms with E-state index in [2.05, 4.69) is 5.32 Å². The number of hydrogen-bond acceptors (Lipinski definition) is 1. The van der Waals surface area contributed by atoms with Gasteiger partial charge in [0.2, 0.25) is 0 Å². The summed E-state index contributed by atoms with van der Waals surface area (Å²) >= 11 is 6.17. The fourth-order valence-corrected chi connectivity index (χ4v) is 2.26. The van der Waals surface area contributed by atoms with Gasteiger partial charge in [-0.25, -0.2) is 8.78 Å². The summed E-state index contributed by atoms with van der Waals surface area (Å²) in [6.45, 7) is 2.64. The molecule has 0 amide bonds. The van der Waals surface area contributed by atoms with Crippen LogP contribution in [0.3, 0.4) is 0 Å². The van der Waals surface area contributed by atoms with Gasteiger partial charge in [0, 0.05) is 5.02 Å². The topological polar surface area (TPSA) is 12.0 Å². The van der Waals surface area contributed by atoms with Crippen LogP contribution in [0.2, 0.25) is 5.02 Å². The monoisotopic (exact) mass is 281 g/mol. The smallest absolute Gasteiger partial charge is 0.159 e. The van der Waals surface area contributed by atoms with Crippen molar-refractivity contribution in [2.45, 2.75) is 13.0 Å². The number of rotatable bonds is 4. The lowest BCUT2D eigenvalue weighted by Gasteiger charge is -2.20. The predicted molar refractivity (Wildman–Crippen MR) is 73.3 cm³/mol. The zero-order chi connectivity index (χ0) is 13.8. The summed E-state index contributed by atoms with van der Waals surface area (Å²) in [5, 5.41) is 3.82. The van der Waals surface area contributed by atoms with Crippen LogP contribution in [-0.2, 0) is 0 Å². The molecule has 0 aliphatic carbocycles. The van der Waals surface area contributed by atoms with Crippen LogP contribution in [-0.4, -0.2) is 6.54 Å². The Balaban J connectivity index is 2.45. The van der Waals surface area contributed by atoms with E-state index in [0.29, 0.717) is 17.1 Å². The van der Waals surface area contributed by atoms with E-state index in [1.807, 2.05) is 25.1 Å². The Morgan fingerprint density at radius 3 is 2.47 bits per heavy atom. The third kappa shape index (κ3) is 3.11. The van der Waals surface area contributed by atoms with Crippen LogP contribution in [0, 0.1) is 11.6 Å². The predicted octanol–water partition coefficient (Wildman–Crippen LogP) is 4.32. The summed E-state index contributed by atoms with van der Waals surface area (Å²) in [6, 6.07) is 11.0. The van der Waals surface area contributed by atoms with Gasteiger partial charge in [-0.15, -0.1) is 0 Å². The van der Waals surface area contributed by atoms with Gasteiger partial charge in [0.25, 0.3) is 0 Å². The number of benzene rings is 2. The minimum absolute atomic E-state index is 0.256. The molecule has 0 aliphatic heterocycles. The van der Waals surface area contributed by atoms with E-state index in [1.54, 1.807) is 12.1 Å². The van der Waals surface area contributed by atoms with Crippen molar-refractivity contribution in [1.29, 1.82) is 0 Å². The van der Waals surface area contributed by atoms with Gasteiger partial charge in [-0.05, 0) is 35.9 Å². The molecule has 0 saturated heterocycles. The quantitative estimate of drug-likeness (QED) is 0.880. The molecule has 2 rings (SSSR count). The highest BCUT2D eigenvalue weighted by Gasteiger charge is 2.17. The lowest BCUT2D eigenvalue weighted by Crippen LogP contribution is -2.22. The molecule has 19 heavy (non-hydrogen) atoms. The molecule has 1 nitrogen and oxygen atoms in total. The Hall–Kier alpha value is -1.45. The van der Waals surface area contributed by atoms with Gasteiger partial charge < -0.3 is 5.32 Å². The summed E-state index contributed by atoms with van der Waals surface area (Å²) in [5.41, 5.74) is 1.49. The molecule has 0 bridgehead atoms. The standard InChI is InChI=1S/C15H14ClF2N/c1-2-19-15(11-5-3-4-6-12(11)16)10-7-8-13(17)14(18)9-10/h3-9,15,19H,2H2,1H3. The van der Waals surface area contributed by atoms with E-state index in [-0.39, 0.29) is 6.04 Å². The molecule has 0 heterocycles. The van der Waals surface area contributed by atoms with E-state index in [0.717, 1.165) is 11.6 Å². The summed E-state index contributed by atoms with van der Waals surface area (Å²) in [5.74, 6) is -1.70. The van der Waals surface area contributed by atoms with Crippen LogP contribution in [0.15, 0.2) is 42.5 Å². The van der Waals surface area contributed by atoms with E-state index in [9.17, 15) is 8.78 Å². The zero-order valence-corrected chi connectivity index (χ0v) is 11.2. The summed E-state index contributed by atoms with van der Waals surface area (Å²) in [4.78, 5) is 0. The molecule has 4 heteroatoms. The van der Waals surface area contributed by atoms with Crippen molar-refractivity contribution in [3.63, 3.8) is 0 Å². The molecule has 2 aromatic rings. The van der Waals surface area contributed by atoms with E-state index >= 15 is 0 Å². The van der Waals surface area contributed by atoms with Crippen molar-refractivity contribution in [2.24, 2.45) is 0 Å². The van der Waals surface area contributed by atoms with Crippen LogP contribution >= 0.6 is 11.6 Å². The first kappa shape index (κ1) is 14.0. The van der Waals surface area contributed by atoms with Crippen molar-refractivity contribution in [3.05, 3.63) is 70.2 Å². The highest BCUT2D eigenvalue weighted by atomic mass is 35.5. The first-order valence-corrected chi connectivity index (χ1v) is 6.44. The van der Waals surface area contributed by atoms with Gasteiger partial charge in [-0.1, -0.05) is 42.8 Å². The molecule has 100 valence electrons. The van der Waals surface area contributed by atoms with Crippen molar-refractivity contribution in [3.8, 4) is 0 Å². The zero-order valence-electron chi connectivity index (χ0n) is 10.5. The molecule has 1 atom stereocenters. The summed E-state index contributed by atoms with van der Waals surface area (Å²) < 4.78 is 26.4. The second-order valence-corrected chi connectivity index (χ2v) is 4.59. The average Bonchev–Trinajstić information content (AvgIpc) is 2.40. The second-order valence-electron chi connectivity index (χ2n) is 4.19. The molecule has 0 radical (unpaired) electrons. The fourth-order valence-electron chi connectivity index (χ4n) is 2.01. The molecule has 0 spiro atoms. The third-order valence-electron chi connectivity index (χ3n) is 2.90. The van der Waals surface area contributed by atoms with E-state index in [4.69, 9.17) is 11.6 Å². The maximum atomic E-state index is 13.4. The molecule has 1 N–H and O–H groups in total. The van der Waals surface area contributed by atoms with Crippen molar-refractivity contribution >= 4 is 11.6 Å². The molecular weight excluding hydrogens is 268 g/mol. The lowest BCUT2D eigenvalue weighted by atomic mass is 9.98. The van der Waals surface area contributed by atoms with Crippen LogP contribution in [0.5, 0.6) is 0 Å². The van der Waals surface area contributed by atoms with Crippen LogP contribution in [0.1, 0.15) is 24.1 Å². The number of nitrogens with one attached hydrogen (secondary N) is 1. The Labute approximate surface area is 116 Å². The molecule has 0 fully saturated rings. The summed E-state index contributed by atoms with van der Waals surface area (Å²) in [7, 11) is 0. The third-order valence-corrected chi connectivity index (χ3v) is 3.25. The Kier molecular flexibility index (Phi) is 4.51. The minimum atomic E-state index is -0.854. The van der Waals surface area contributed by atoms with Crippen molar-refractivity contribution < 1.29 is 8.78 Å². The van der Waals surface area contributed by atoms with Gasteiger partial charge in [0.15, 0.2) is 11.6 Å². The largest absolute Gasteiger partial charge is 0.306 e. The second kappa shape index (κ2) is 6.13. The van der Waals surface area contributed by atoms with Gasteiger partial charge in [-0.2, -0.15) is 0 Å². The van der Waals surface area contributed by atoms with Gasteiger partial charge in [0.05, 0.1) is 6.04 Å². The van der Waals surface area contributed by atoms with Gasteiger partial charge >= 0.3 is 0 Å². The van der Waals surface area contributed by atoms with E-state index < -0.39 is 11.6 Å². The first-order valence-electron chi connectivity index (χ1n) is 6.06. The number of halogens is 3. The van der Waals surface area contributed by atoms with Gasteiger partial charge in [-0.3, -0.25) is 0 Å². The van der Waals surface area contributed by atoms with Gasteiger partial charge in [0.1, 0.15) is 0 Å². The van der Waals surface area contributed by atoms with Crippen LogP contribution < -0.4 is 5.32 Å². The number of hydrogen-bond donors (Lipinski definition) is 1. The Bertz CT molecular complexity index is 572. The molecule has 0 aromatic heterocycles. The maximum Gasteiger partial charge on any atom is 0.159 e. The van der Waals surface area contributed by atoms with E-state index in [1.165, 1.54) is 6.07 Å². The van der Waals surface area contributed by atoms with Crippen LogP contribution in [0.4, 0.5) is 8.78 Å². The fraction of sp³-hybridized carbons (Fsp3) is 0.200. The normalized spacial score (nSPS) is 12.4. The van der Waals surface area contributed by atoms with Crippen molar-refractivity contribution in [1.82, 2.24) is 5.32 Å². The SMILES string of the molecule is CCNC(c1ccc(F)c(F)c1)c1ccccc1Cl.